The molecule has 5 nitrogen and oxygen atoms in total. The van der Waals surface area contributed by atoms with E-state index < -0.39 is 0 Å². The predicted octanol–water partition coefficient (Wildman–Crippen LogP) is 4.60. The second-order valence-electron chi connectivity index (χ2n) is 7.53. The van der Waals surface area contributed by atoms with E-state index in [9.17, 15) is 9.18 Å². The van der Waals surface area contributed by atoms with Crippen molar-refractivity contribution in [1.29, 1.82) is 0 Å². The normalized spacial score (nSPS) is 17.5. The van der Waals surface area contributed by atoms with Gasteiger partial charge in [-0.25, -0.2) is 4.39 Å². The lowest BCUT2D eigenvalue weighted by atomic mass is 9.94. The third-order valence-corrected chi connectivity index (χ3v) is 5.78. The molecule has 0 spiro atoms. The summed E-state index contributed by atoms with van der Waals surface area (Å²) in [5.74, 6) is -0.202. The zero-order valence-corrected chi connectivity index (χ0v) is 15.4. The van der Waals surface area contributed by atoms with Crippen LogP contribution >= 0.6 is 0 Å². The molecule has 6 heteroatoms. The van der Waals surface area contributed by atoms with Crippen LogP contribution in [0.4, 0.5) is 10.1 Å². The van der Waals surface area contributed by atoms with Crippen LogP contribution < -0.4 is 4.90 Å². The Morgan fingerprint density at radius 3 is 2.86 bits per heavy atom. The highest BCUT2D eigenvalue weighted by molar-refractivity contribution is 6.11. The van der Waals surface area contributed by atoms with Gasteiger partial charge in [0, 0.05) is 28.9 Å². The number of H-pyrrole nitrogens is 2. The Balaban J connectivity index is 1.58. The number of hydrogen-bond acceptors (Lipinski definition) is 3. The van der Waals surface area contributed by atoms with Crippen LogP contribution in [0.3, 0.4) is 0 Å². The number of benzene rings is 2. The summed E-state index contributed by atoms with van der Waals surface area (Å²) in [6.45, 7) is 0.965. The molecule has 1 saturated heterocycles. The molecule has 5 rings (SSSR count). The van der Waals surface area contributed by atoms with E-state index in [0.29, 0.717) is 11.7 Å². The minimum absolute atomic E-state index is 0.202. The number of carbonyl (C=O) groups excluding carboxylic acids is 1. The molecule has 2 aromatic heterocycles. The molecule has 28 heavy (non-hydrogen) atoms. The van der Waals surface area contributed by atoms with Crippen LogP contribution in [0.15, 0.2) is 42.6 Å². The highest BCUT2D eigenvalue weighted by Gasteiger charge is 2.26. The Kier molecular flexibility index (Phi) is 4.11. The van der Waals surface area contributed by atoms with Crippen molar-refractivity contribution in [3.8, 4) is 0 Å². The van der Waals surface area contributed by atoms with E-state index in [1.165, 1.54) is 18.6 Å². The topological polar surface area (TPSA) is 64.8 Å². The summed E-state index contributed by atoms with van der Waals surface area (Å²) in [6.07, 6.45) is 6.95. The number of fused-ring (bicyclic) bond motifs is 3. The van der Waals surface area contributed by atoms with Gasteiger partial charge in [-0.15, -0.1) is 0 Å². The molecule has 4 aromatic rings. The van der Waals surface area contributed by atoms with Crippen molar-refractivity contribution in [2.24, 2.45) is 0 Å². The second-order valence-corrected chi connectivity index (χ2v) is 7.53. The SMILES string of the molecule is O=Cc1cc2c(cc(N3CCCCC3Cc3ccc(F)cc3)c3[nH]ncc32)[nH]1. The molecule has 0 bridgehead atoms. The fourth-order valence-electron chi connectivity index (χ4n) is 4.44. The van der Waals surface area contributed by atoms with Crippen molar-refractivity contribution in [3.63, 3.8) is 0 Å². The van der Waals surface area contributed by atoms with E-state index in [1.807, 2.05) is 24.4 Å². The highest BCUT2D eigenvalue weighted by Crippen LogP contribution is 2.36. The molecule has 1 aliphatic rings. The number of halogens is 1. The van der Waals surface area contributed by atoms with Crippen molar-refractivity contribution in [3.05, 3.63) is 59.7 Å². The third-order valence-electron chi connectivity index (χ3n) is 5.78. The van der Waals surface area contributed by atoms with Gasteiger partial charge in [-0.1, -0.05) is 12.1 Å². The molecule has 0 amide bonds. The minimum Gasteiger partial charge on any atom is -0.366 e. The monoisotopic (exact) mass is 376 g/mol. The summed E-state index contributed by atoms with van der Waals surface area (Å²) in [7, 11) is 0. The average Bonchev–Trinajstić information content (AvgIpc) is 3.36. The van der Waals surface area contributed by atoms with Crippen molar-refractivity contribution in [2.45, 2.75) is 31.7 Å². The Morgan fingerprint density at radius 2 is 2.04 bits per heavy atom. The van der Waals surface area contributed by atoms with Crippen LogP contribution in [0.5, 0.6) is 0 Å². The van der Waals surface area contributed by atoms with E-state index in [0.717, 1.165) is 65.2 Å². The molecule has 3 heterocycles. The second kappa shape index (κ2) is 6.78. The maximum Gasteiger partial charge on any atom is 0.166 e. The van der Waals surface area contributed by atoms with Gasteiger partial charge in [-0.3, -0.25) is 9.89 Å². The Morgan fingerprint density at radius 1 is 1.18 bits per heavy atom. The summed E-state index contributed by atoms with van der Waals surface area (Å²) in [6, 6.07) is 11.1. The van der Waals surface area contributed by atoms with Gasteiger partial charge in [0.25, 0.3) is 0 Å². The van der Waals surface area contributed by atoms with Crippen LogP contribution in [0.25, 0.3) is 21.8 Å². The number of aromatic nitrogens is 3. The molecule has 142 valence electrons. The maximum absolute atomic E-state index is 13.3. The van der Waals surface area contributed by atoms with Gasteiger partial charge in [0.2, 0.25) is 0 Å². The van der Waals surface area contributed by atoms with Gasteiger partial charge in [0.1, 0.15) is 5.82 Å². The van der Waals surface area contributed by atoms with Crippen LogP contribution in [-0.2, 0) is 6.42 Å². The van der Waals surface area contributed by atoms with Crippen molar-refractivity contribution < 1.29 is 9.18 Å². The molecule has 0 aliphatic carbocycles. The molecule has 2 aromatic carbocycles. The standard InChI is InChI=1S/C22H21FN4O/c23-15-6-4-14(5-7-15)9-17-3-1-2-8-27(17)21-11-20-18(10-16(13-28)25-20)19-12-24-26-22(19)21/h4-7,10-13,17,25H,1-3,8-9H2,(H,24,26). The number of nitrogens with zero attached hydrogens (tertiary/aromatic N) is 2. The van der Waals surface area contributed by atoms with Crippen LogP contribution in [-0.4, -0.2) is 34.1 Å². The molecular weight excluding hydrogens is 355 g/mol. The van der Waals surface area contributed by atoms with Crippen molar-refractivity contribution in [2.75, 3.05) is 11.4 Å². The summed E-state index contributed by atoms with van der Waals surface area (Å²) in [5.41, 5.74) is 4.75. The fourth-order valence-corrected chi connectivity index (χ4v) is 4.44. The van der Waals surface area contributed by atoms with Crippen LogP contribution in [0.1, 0.15) is 35.3 Å². The fraction of sp³-hybridized carbons (Fsp3) is 0.273. The zero-order chi connectivity index (χ0) is 19.1. The van der Waals surface area contributed by atoms with E-state index in [1.54, 1.807) is 0 Å². The summed E-state index contributed by atoms with van der Waals surface area (Å²) in [5, 5.41) is 9.44. The summed E-state index contributed by atoms with van der Waals surface area (Å²) >= 11 is 0. The van der Waals surface area contributed by atoms with Gasteiger partial charge < -0.3 is 9.88 Å². The van der Waals surface area contributed by atoms with Gasteiger partial charge in [0.05, 0.1) is 23.1 Å². The van der Waals surface area contributed by atoms with Gasteiger partial charge in [-0.2, -0.15) is 5.10 Å². The number of hydrogen-bond donors (Lipinski definition) is 2. The smallest absolute Gasteiger partial charge is 0.166 e. The molecular formula is C22H21FN4O. The third kappa shape index (κ3) is 2.85. The predicted molar refractivity (Wildman–Crippen MR) is 108 cm³/mol. The molecule has 2 N–H and O–H groups in total. The van der Waals surface area contributed by atoms with E-state index >= 15 is 0 Å². The van der Waals surface area contributed by atoms with Crippen molar-refractivity contribution >= 4 is 33.8 Å². The number of anilines is 1. The first kappa shape index (κ1) is 17.0. The largest absolute Gasteiger partial charge is 0.366 e. The molecule has 1 atom stereocenters. The Bertz CT molecular complexity index is 1140. The Hall–Kier alpha value is -3.15. The van der Waals surface area contributed by atoms with Gasteiger partial charge >= 0.3 is 0 Å². The van der Waals surface area contributed by atoms with Crippen molar-refractivity contribution in [1.82, 2.24) is 15.2 Å². The molecule has 1 fully saturated rings. The number of nitrogens with one attached hydrogen (secondary N) is 2. The first-order valence-corrected chi connectivity index (χ1v) is 9.68. The first-order chi connectivity index (χ1) is 13.7. The number of piperidine rings is 1. The highest BCUT2D eigenvalue weighted by atomic mass is 19.1. The molecule has 1 unspecified atom stereocenters. The van der Waals surface area contributed by atoms with E-state index in [4.69, 9.17) is 0 Å². The molecule has 1 aliphatic heterocycles. The van der Waals surface area contributed by atoms with Gasteiger partial charge in [0.15, 0.2) is 6.29 Å². The van der Waals surface area contributed by atoms with Gasteiger partial charge in [-0.05, 0) is 55.5 Å². The quantitative estimate of drug-likeness (QED) is 0.512. The summed E-state index contributed by atoms with van der Waals surface area (Å²) in [4.78, 5) is 16.9. The number of carbonyl (C=O) groups is 1. The lowest BCUT2D eigenvalue weighted by Crippen LogP contribution is -2.41. The summed E-state index contributed by atoms with van der Waals surface area (Å²) < 4.78 is 13.3. The molecule has 0 saturated carbocycles. The lowest BCUT2D eigenvalue weighted by molar-refractivity contribution is 0.112. The van der Waals surface area contributed by atoms with E-state index in [-0.39, 0.29) is 5.82 Å². The zero-order valence-electron chi connectivity index (χ0n) is 15.4. The average molecular weight is 376 g/mol. The number of aldehydes is 1. The van der Waals surface area contributed by atoms with Crippen LogP contribution in [0.2, 0.25) is 0 Å². The molecule has 0 radical (unpaired) electrons. The van der Waals surface area contributed by atoms with Crippen LogP contribution in [0, 0.1) is 5.82 Å². The minimum atomic E-state index is -0.202. The number of aromatic amines is 2. The van der Waals surface area contributed by atoms with E-state index in [2.05, 4.69) is 26.1 Å². The number of rotatable bonds is 4. The maximum atomic E-state index is 13.3. The first-order valence-electron chi connectivity index (χ1n) is 9.68. The Labute approximate surface area is 161 Å². The lowest BCUT2D eigenvalue weighted by Gasteiger charge is -2.38.